The van der Waals surface area contributed by atoms with Gasteiger partial charge in [0, 0.05) is 12.3 Å². The predicted octanol–water partition coefficient (Wildman–Crippen LogP) is 4.78. The van der Waals surface area contributed by atoms with Crippen LogP contribution in [0.5, 0.6) is 0 Å². The Bertz CT molecular complexity index is 1390. The molecule has 1 N–H and O–H groups in total. The first-order valence-corrected chi connectivity index (χ1v) is 23.5. The summed E-state index contributed by atoms with van der Waals surface area (Å²) >= 11 is 0. The Morgan fingerprint density at radius 2 is 1.51 bits per heavy atom. The average Bonchev–Trinajstić information content (AvgIpc) is 3.09. The maximum atomic E-state index is 15.0. The van der Waals surface area contributed by atoms with Gasteiger partial charge < -0.3 is 22.6 Å². The maximum absolute atomic E-state index is 15.0. The minimum absolute atomic E-state index is 0.127. The second-order valence-corrected chi connectivity index (χ2v) is 27.1. The van der Waals surface area contributed by atoms with Crippen LogP contribution in [0.2, 0.25) is 36.3 Å². The molecule has 0 amide bonds. The van der Waals surface area contributed by atoms with E-state index in [1.54, 1.807) is 13.8 Å². The molecule has 0 aliphatic carbocycles. The number of nitrogens with zero attached hydrogens (tertiary/aromatic N) is 1. The van der Waals surface area contributed by atoms with Crippen molar-refractivity contribution in [2.75, 3.05) is 26.1 Å². The van der Waals surface area contributed by atoms with Crippen molar-refractivity contribution in [3.8, 4) is 0 Å². The van der Waals surface area contributed by atoms with Gasteiger partial charge in [-0.2, -0.15) is 8.42 Å². The van der Waals surface area contributed by atoms with Crippen molar-refractivity contribution in [1.82, 2.24) is 9.55 Å². The van der Waals surface area contributed by atoms with Crippen LogP contribution < -0.4 is 11.2 Å². The van der Waals surface area contributed by atoms with E-state index in [1.165, 1.54) is 6.20 Å². The molecule has 17 heteroatoms. The number of hydrogen-bond acceptors (Lipinski definition) is 11. The summed E-state index contributed by atoms with van der Waals surface area (Å²) in [4.78, 5) is 27.3. The van der Waals surface area contributed by atoms with E-state index in [4.69, 9.17) is 26.8 Å². The third kappa shape index (κ3) is 8.08. The van der Waals surface area contributed by atoms with Crippen LogP contribution in [0.3, 0.4) is 0 Å². The molecular weight excluding hydrogens is 636 g/mol. The van der Waals surface area contributed by atoms with Crippen molar-refractivity contribution in [3.63, 3.8) is 0 Å². The van der Waals surface area contributed by atoms with Crippen LogP contribution in [-0.4, -0.2) is 78.2 Å². The number of H-pyrrole nitrogens is 1. The number of hydrogen-bond donors (Lipinski definition) is 1. The fourth-order valence-corrected chi connectivity index (χ4v) is 10.1. The standard InChI is InChI=1S/C26H51N2O11PSSi2/c1-14-34-40(31,35-15-2)26(39-41(9,32)33)19(18-36-42(10,11)24(3,4)5)37-22(28-17-16-20(29)27-23(28)30)21(26)38-43(12,13)25(6,7)8/h16-17,19,21-22H,14-15,18H2,1-13H3,(H,27,29,30)/t19-,21+,22-,26-/m1/s1. The molecule has 2 heterocycles. The highest BCUT2D eigenvalue weighted by molar-refractivity contribution is 7.86. The summed E-state index contributed by atoms with van der Waals surface area (Å²) in [6, 6.07) is 1.12. The van der Waals surface area contributed by atoms with Crippen molar-refractivity contribution >= 4 is 34.3 Å². The zero-order chi connectivity index (χ0) is 33.4. The molecule has 1 aliphatic rings. The van der Waals surface area contributed by atoms with Gasteiger partial charge in [-0.25, -0.2) is 8.98 Å². The molecule has 0 spiro atoms. The van der Waals surface area contributed by atoms with E-state index in [1.807, 2.05) is 67.7 Å². The van der Waals surface area contributed by atoms with Crippen LogP contribution in [0.1, 0.15) is 61.6 Å². The van der Waals surface area contributed by atoms with Crippen molar-refractivity contribution in [2.24, 2.45) is 0 Å². The van der Waals surface area contributed by atoms with E-state index in [9.17, 15) is 18.0 Å². The third-order valence-electron chi connectivity index (χ3n) is 8.50. The molecule has 250 valence electrons. The van der Waals surface area contributed by atoms with Crippen LogP contribution in [0.25, 0.3) is 0 Å². The second kappa shape index (κ2) is 13.0. The Morgan fingerprint density at radius 1 is 1.00 bits per heavy atom. The summed E-state index contributed by atoms with van der Waals surface area (Å²) in [5.74, 6) is 0. The van der Waals surface area contributed by atoms with E-state index in [2.05, 4.69) is 4.98 Å². The second-order valence-electron chi connectivity index (χ2n) is 13.8. The smallest absolute Gasteiger partial charge is 0.369 e. The Balaban J connectivity index is 3.07. The molecule has 1 aromatic rings. The lowest BCUT2D eigenvalue weighted by Crippen LogP contribution is -2.59. The molecule has 13 nitrogen and oxygen atoms in total. The van der Waals surface area contributed by atoms with Gasteiger partial charge in [0.25, 0.3) is 15.7 Å². The summed E-state index contributed by atoms with van der Waals surface area (Å²) in [5.41, 5.74) is -1.49. The predicted molar refractivity (Wildman–Crippen MR) is 170 cm³/mol. The van der Waals surface area contributed by atoms with Crippen LogP contribution in [-0.2, 0) is 41.5 Å². The Hall–Kier alpha value is -0.946. The van der Waals surface area contributed by atoms with Crippen molar-refractivity contribution in [1.29, 1.82) is 0 Å². The SMILES string of the molecule is CCOP(=O)(OCC)[C@]1(OS(C)(=O)=O)[C@@H](CO[Si](C)(C)C(C)(C)C)O[C@@H](n2ccc(=O)[nH]c2=O)[C@@H]1O[Si](C)(C)C(C)(C)C. The monoisotopic (exact) mass is 686 g/mol. The van der Waals surface area contributed by atoms with Gasteiger partial charge in [0.05, 0.1) is 26.1 Å². The number of rotatable bonds is 13. The summed E-state index contributed by atoms with van der Waals surface area (Å²) in [6.07, 6.45) is -2.32. The van der Waals surface area contributed by atoms with Crippen molar-refractivity contribution < 1.29 is 39.8 Å². The van der Waals surface area contributed by atoms with Crippen LogP contribution in [0, 0.1) is 0 Å². The molecule has 43 heavy (non-hydrogen) atoms. The molecule has 0 radical (unpaired) electrons. The van der Waals surface area contributed by atoms with E-state index in [0.29, 0.717) is 0 Å². The summed E-state index contributed by atoms with van der Waals surface area (Å²) < 4.78 is 79.6. The molecule has 4 atom stereocenters. The maximum Gasteiger partial charge on any atom is 0.369 e. The van der Waals surface area contributed by atoms with Crippen molar-refractivity contribution in [3.05, 3.63) is 33.1 Å². The molecule has 0 unspecified atom stereocenters. The zero-order valence-corrected chi connectivity index (χ0v) is 31.5. The molecule has 1 saturated heterocycles. The van der Waals surface area contributed by atoms with E-state index >= 15 is 4.57 Å². The van der Waals surface area contributed by atoms with E-state index in [-0.39, 0.29) is 24.9 Å². The van der Waals surface area contributed by atoms with Crippen LogP contribution in [0.15, 0.2) is 21.9 Å². The lowest BCUT2D eigenvalue weighted by atomic mass is 10.1. The van der Waals surface area contributed by atoms with Gasteiger partial charge in [-0.1, -0.05) is 41.5 Å². The normalized spacial score (nSPS) is 24.4. The molecule has 2 rings (SSSR count). The van der Waals surface area contributed by atoms with Gasteiger partial charge in [-0.05, 0) is 50.1 Å². The number of aromatic nitrogens is 2. The van der Waals surface area contributed by atoms with Crippen LogP contribution in [0.4, 0.5) is 0 Å². The summed E-state index contributed by atoms with van der Waals surface area (Å²) in [5, 5.41) is -3.12. The molecule has 1 aromatic heterocycles. The molecule has 1 aliphatic heterocycles. The molecule has 0 aromatic carbocycles. The third-order valence-corrected chi connectivity index (χ3v) is 20.8. The van der Waals surface area contributed by atoms with Crippen LogP contribution >= 0.6 is 7.60 Å². The van der Waals surface area contributed by atoms with Gasteiger partial charge in [-0.3, -0.25) is 18.9 Å². The first kappa shape index (κ1) is 38.2. The van der Waals surface area contributed by atoms with E-state index in [0.717, 1.165) is 16.9 Å². The van der Waals surface area contributed by atoms with Crippen molar-refractivity contribution in [2.45, 2.75) is 115 Å². The molecule has 0 saturated carbocycles. The number of ether oxygens (including phenoxy) is 1. The summed E-state index contributed by atoms with van der Waals surface area (Å²) in [6.45, 7) is 22.5. The first-order valence-electron chi connectivity index (χ1n) is 14.4. The lowest BCUT2D eigenvalue weighted by Gasteiger charge is -2.46. The largest absolute Gasteiger partial charge is 0.414 e. The highest BCUT2D eigenvalue weighted by atomic mass is 32.2. The minimum Gasteiger partial charge on any atom is -0.414 e. The molecule has 1 fully saturated rings. The first-order chi connectivity index (χ1) is 19.3. The van der Waals surface area contributed by atoms with Gasteiger partial charge in [-0.15, -0.1) is 0 Å². The number of aromatic amines is 1. The fourth-order valence-electron chi connectivity index (χ4n) is 4.16. The quantitative estimate of drug-likeness (QED) is 0.173. The van der Waals surface area contributed by atoms with Gasteiger partial charge in [0.2, 0.25) is 5.34 Å². The lowest BCUT2D eigenvalue weighted by molar-refractivity contribution is -0.0550. The fraction of sp³-hybridized carbons (Fsp3) is 0.846. The van der Waals surface area contributed by atoms with Gasteiger partial charge in [0.1, 0.15) is 12.2 Å². The van der Waals surface area contributed by atoms with Gasteiger partial charge in [0.15, 0.2) is 22.9 Å². The molecule has 0 bridgehead atoms. The average molecular weight is 687 g/mol. The Labute approximate surface area is 257 Å². The Kier molecular flexibility index (Phi) is 11.6. The highest BCUT2D eigenvalue weighted by Gasteiger charge is 2.73. The number of nitrogens with one attached hydrogen (secondary N) is 1. The summed E-state index contributed by atoms with van der Waals surface area (Å²) in [7, 11) is -14.4. The van der Waals surface area contributed by atoms with Gasteiger partial charge >= 0.3 is 13.3 Å². The topological polar surface area (TPSA) is 161 Å². The van der Waals surface area contributed by atoms with E-state index < -0.39 is 74.4 Å². The minimum atomic E-state index is -4.63. The Morgan fingerprint density at radius 3 is 1.93 bits per heavy atom. The zero-order valence-electron chi connectivity index (χ0n) is 27.8. The highest BCUT2D eigenvalue weighted by Crippen LogP contribution is 2.69. The molecular formula is C26H51N2O11PSSi2.